The molecular formula is C16H21. The van der Waals surface area contributed by atoms with Gasteiger partial charge in [-0.2, -0.15) is 0 Å². The van der Waals surface area contributed by atoms with Gasteiger partial charge >= 0.3 is 0 Å². The number of rotatable bonds is 5. The van der Waals surface area contributed by atoms with E-state index in [-0.39, 0.29) is 0 Å². The second kappa shape index (κ2) is 7.99. The summed E-state index contributed by atoms with van der Waals surface area (Å²) in [5, 5.41) is 0. The summed E-state index contributed by atoms with van der Waals surface area (Å²) >= 11 is 0. The molecule has 0 saturated heterocycles. The van der Waals surface area contributed by atoms with Gasteiger partial charge in [-0.05, 0) is 31.0 Å². The maximum absolute atomic E-state index is 3.85. The molecule has 0 nitrogen and oxygen atoms in total. The molecule has 0 N–H and O–H groups in total. The summed E-state index contributed by atoms with van der Waals surface area (Å²) in [4.78, 5) is 0. The van der Waals surface area contributed by atoms with Crippen LogP contribution in [0.4, 0.5) is 0 Å². The van der Waals surface area contributed by atoms with Gasteiger partial charge in [-0.3, -0.25) is 0 Å². The third-order valence-electron chi connectivity index (χ3n) is 2.59. The molecule has 0 aliphatic rings. The summed E-state index contributed by atoms with van der Waals surface area (Å²) in [5.41, 5.74) is 2.14. The Hall–Kier alpha value is -1.22. The van der Waals surface area contributed by atoms with E-state index in [1.54, 1.807) is 0 Å². The predicted octanol–water partition coefficient (Wildman–Crippen LogP) is 4.58. The Bertz CT molecular complexity index is 335. The Balaban J connectivity index is 2.20. The van der Waals surface area contributed by atoms with Crippen LogP contribution in [0.2, 0.25) is 0 Å². The highest BCUT2D eigenvalue weighted by Crippen LogP contribution is 2.05. The molecule has 1 rings (SSSR count). The van der Waals surface area contributed by atoms with Gasteiger partial charge in [0.1, 0.15) is 0 Å². The molecule has 0 atom stereocenters. The van der Waals surface area contributed by atoms with Crippen LogP contribution in [-0.4, -0.2) is 0 Å². The molecule has 0 saturated carbocycles. The van der Waals surface area contributed by atoms with Crippen LogP contribution in [0.15, 0.2) is 24.3 Å². The topological polar surface area (TPSA) is 0 Å². The van der Waals surface area contributed by atoms with Gasteiger partial charge in [0.05, 0.1) is 0 Å². The minimum atomic E-state index is 1.02. The summed E-state index contributed by atoms with van der Waals surface area (Å²) < 4.78 is 0. The fraction of sp³-hybridized carbons (Fsp3) is 0.438. The van der Waals surface area contributed by atoms with E-state index in [0.717, 1.165) is 17.5 Å². The van der Waals surface area contributed by atoms with Crippen LogP contribution in [0.3, 0.4) is 0 Å². The third-order valence-corrected chi connectivity index (χ3v) is 2.59. The van der Waals surface area contributed by atoms with E-state index < -0.39 is 0 Å². The number of unbranched alkanes of at least 4 members (excludes halogenated alkanes) is 5. The van der Waals surface area contributed by atoms with E-state index in [4.69, 9.17) is 0 Å². The first-order valence-electron chi connectivity index (χ1n) is 6.24. The highest BCUT2D eigenvalue weighted by Gasteiger charge is 1.87. The van der Waals surface area contributed by atoms with Crippen LogP contribution >= 0.6 is 0 Å². The predicted molar refractivity (Wildman–Crippen MR) is 71.2 cm³/mol. The molecule has 0 aromatic heterocycles. The Morgan fingerprint density at radius 2 is 1.69 bits per heavy atom. The van der Waals surface area contributed by atoms with Gasteiger partial charge in [0.15, 0.2) is 0 Å². The lowest BCUT2D eigenvalue weighted by Crippen LogP contribution is -1.77. The van der Waals surface area contributed by atoms with Crippen molar-refractivity contribution in [2.45, 2.75) is 45.4 Å². The average Bonchev–Trinajstić information content (AvgIpc) is 2.30. The minimum Gasteiger partial charge on any atom is -0.0979 e. The zero-order chi connectivity index (χ0) is 11.6. The molecular weight excluding hydrogens is 192 g/mol. The zero-order valence-corrected chi connectivity index (χ0v) is 10.3. The van der Waals surface area contributed by atoms with Crippen molar-refractivity contribution in [1.29, 1.82) is 0 Å². The van der Waals surface area contributed by atoms with Crippen molar-refractivity contribution in [2.24, 2.45) is 0 Å². The first kappa shape index (κ1) is 12.8. The maximum atomic E-state index is 3.85. The fourth-order valence-electron chi connectivity index (χ4n) is 1.57. The van der Waals surface area contributed by atoms with Crippen molar-refractivity contribution >= 4 is 0 Å². The Morgan fingerprint density at radius 1 is 1.00 bits per heavy atom. The molecule has 0 amide bonds. The fourth-order valence-corrected chi connectivity index (χ4v) is 1.57. The number of hydrogen-bond donors (Lipinski definition) is 0. The monoisotopic (exact) mass is 213 g/mol. The van der Waals surface area contributed by atoms with Crippen molar-refractivity contribution in [2.75, 3.05) is 0 Å². The van der Waals surface area contributed by atoms with Gasteiger partial charge in [-0.25, -0.2) is 0 Å². The van der Waals surface area contributed by atoms with E-state index >= 15 is 0 Å². The maximum Gasteiger partial charge on any atom is 0.0245 e. The highest BCUT2D eigenvalue weighted by atomic mass is 13.9. The van der Waals surface area contributed by atoms with E-state index in [9.17, 15) is 0 Å². The Labute approximate surface area is 100 Å². The summed E-state index contributed by atoms with van der Waals surface area (Å²) in [7, 11) is 0. The van der Waals surface area contributed by atoms with Crippen LogP contribution < -0.4 is 0 Å². The molecule has 0 fully saturated rings. The van der Waals surface area contributed by atoms with Gasteiger partial charge in [0.2, 0.25) is 0 Å². The van der Waals surface area contributed by atoms with E-state index in [0.29, 0.717) is 0 Å². The van der Waals surface area contributed by atoms with Gasteiger partial charge in [-0.15, -0.1) is 0 Å². The largest absolute Gasteiger partial charge is 0.0979 e. The molecule has 0 aliphatic heterocycles. The van der Waals surface area contributed by atoms with E-state index in [2.05, 4.69) is 25.7 Å². The summed E-state index contributed by atoms with van der Waals surface area (Å²) in [6.45, 7) is 6.09. The normalized spacial score (nSPS) is 9.62. The van der Waals surface area contributed by atoms with E-state index in [1.165, 1.54) is 32.1 Å². The molecule has 0 aliphatic carbocycles. The summed E-state index contributed by atoms with van der Waals surface area (Å²) in [6, 6.07) is 8.08. The first-order valence-corrected chi connectivity index (χ1v) is 6.24. The lowest BCUT2D eigenvalue weighted by molar-refractivity contribution is 0.641. The average molecular weight is 213 g/mol. The molecule has 1 aromatic rings. The van der Waals surface area contributed by atoms with Crippen LogP contribution in [0.5, 0.6) is 0 Å². The quantitative estimate of drug-likeness (QED) is 0.496. The van der Waals surface area contributed by atoms with Crippen molar-refractivity contribution in [3.05, 3.63) is 42.3 Å². The van der Waals surface area contributed by atoms with Gasteiger partial charge in [-0.1, -0.05) is 56.6 Å². The Morgan fingerprint density at radius 3 is 2.38 bits per heavy atom. The summed E-state index contributed by atoms with van der Waals surface area (Å²) in [5.74, 6) is 6.41. The number of benzene rings is 1. The standard InChI is InChI=1S/C16H21/c1-3-4-5-6-7-8-9-10-16-13-11-15(2)12-14-16/h11-14H,2-8H2,1H3. The second-order valence-electron chi connectivity index (χ2n) is 4.16. The van der Waals surface area contributed by atoms with Gasteiger partial charge in [0.25, 0.3) is 0 Å². The first-order chi connectivity index (χ1) is 7.83. The molecule has 1 radical (unpaired) electrons. The lowest BCUT2D eigenvalue weighted by atomic mass is 10.1. The van der Waals surface area contributed by atoms with Crippen LogP contribution in [-0.2, 0) is 0 Å². The number of hydrogen-bond acceptors (Lipinski definition) is 0. The molecule has 0 spiro atoms. The van der Waals surface area contributed by atoms with Crippen molar-refractivity contribution in [1.82, 2.24) is 0 Å². The molecule has 0 unspecified atom stereocenters. The molecule has 0 heteroatoms. The SMILES string of the molecule is [CH2]c1ccc(C#CCCCCCCC)cc1. The summed E-state index contributed by atoms with van der Waals surface area (Å²) in [6.07, 6.45) is 7.60. The molecule has 0 heterocycles. The minimum absolute atomic E-state index is 1.02. The molecule has 16 heavy (non-hydrogen) atoms. The molecule has 0 bridgehead atoms. The van der Waals surface area contributed by atoms with Crippen molar-refractivity contribution in [3.63, 3.8) is 0 Å². The Kier molecular flexibility index (Phi) is 6.42. The van der Waals surface area contributed by atoms with Crippen LogP contribution in [0.1, 0.15) is 56.6 Å². The third kappa shape index (κ3) is 5.61. The van der Waals surface area contributed by atoms with E-state index in [1.807, 2.05) is 24.3 Å². The lowest BCUT2D eigenvalue weighted by Gasteiger charge is -1.95. The second-order valence-corrected chi connectivity index (χ2v) is 4.16. The van der Waals surface area contributed by atoms with Gasteiger partial charge in [0, 0.05) is 12.0 Å². The molecule has 85 valence electrons. The van der Waals surface area contributed by atoms with Crippen molar-refractivity contribution < 1.29 is 0 Å². The van der Waals surface area contributed by atoms with Crippen LogP contribution in [0.25, 0.3) is 0 Å². The van der Waals surface area contributed by atoms with Gasteiger partial charge < -0.3 is 0 Å². The zero-order valence-electron chi connectivity index (χ0n) is 10.3. The smallest absolute Gasteiger partial charge is 0.0245 e. The molecule has 1 aromatic carbocycles. The van der Waals surface area contributed by atoms with Crippen LogP contribution in [0, 0.1) is 18.8 Å². The van der Waals surface area contributed by atoms with Crippen molar-refractivity contribution in [3.8, 4) is 11.8 Å². The highest BCUT2D eigenvalue weighted by molar-refractivity contribution is 5.36.